The van der Waals surface area contributed by atoms with Crippen LogP contribution in [0.15, 0.2) is 18.2 Å². The van der Waals surface area contributed by atoms with Crippen molar-refractivity contribution in [2.75, 3.05) is 6.61 Å². The predicted molar refractivity (Wildman–Crippen MR) is 83.5 cm³/mol. The van der Waals surface area contributed by atoms with E-state index in [1.165, 1.54) is 6.07 Å². The van der Waals surface area contributed by atoms with Crippen LogP contribution in [0.1, 0.15) is 31.4 Å². The summed E-state index contributed by atoms with van der Waals surface area (Å²) in [6, 6.07) is 3.98. The first-order chi connectivity index (χ1) is 10.8. The number of hydrogen-bond donors (Lipinski definition) is 3. The number of benzene rings is 1. The number of aliphatic hydroxyl groups is 1. The van der Waals surface area contributed by atoms with E-state index in [9.17, 15) is 18.7 Å². The number of aryl methyl sites for hydroxylation is 1. The molecule has 1 atom stereocenters. The quantitative estimate of drug-likeness (QED) is 0.686. The second-order valence-electron chi connectivity index (χ2n) is 5.83. The Kier molecular flexibility index (Phi) is 7.74. The number of ether oxygens (including phenoxy) is 1. The minimum absolute atomic E-state index is 0.0341. The highest BCUT2D eigenvalue weighted by molar-refractivity contribution is 5.74. The van der Waals surface area contributed by atoms with Crippen LogP contribution in [-0.2, 0) is 6.54 Å². The SMILES string of the molecule is Cc1ccc(OC(F)F)c(CNC(=O)NC(CO)CC(C)C)c1. The van der Waals surface area contributed by atoms with Gasteiger partial charge in [0, 0.05) is 12.1 Å². The summed E-state index contributed by atoms with van der Waals surface area (Å²) in [5.74, 6) is 0.363. The van der Waals surface area contributed by atoms with E-state index in [1.54, 1.807) is 12.1 Å². The molecule has 5 nitrogen and oxygen atoms in total. The molecule has 0 bridgehead atoms. The van der Waals surface area contributed by atoms with Crippen molar-refractivity contribution in [1.82, 2.24) is 10.6 Å². The second kappa shape index (κ2) is 9.29. The number of aliphatic hydroxyl groups excluding tert-OH is 1. The molecule has 0 aliphatic rings. The largest absolute Gasteiger partial charge is 0.434 e. The Labute approximate surface area is 135 Å². The number of carbonyl (C=O) groups is 1. The van der Waals surface area contributed by atoms with Crippen LogP contribution < -0.4 is 15.4 Å². The van der Waals surface area contributed by atoms with Gasteiger partial charge in [-0.25, -0.2) is 4.79 Å². The number of nitrogens with one attached hydrogen (secondary N) is 2. The maximum absolute atomic E-state index is 12.4. The van der Waals surface area contributed by atoms with Gasteiger partial charge >= 0.3 is 12.6 Å². The first kappa shape index (κ1) is 19.2. The number of hydrogen-bond acceptors (Lipinski definition) is 3. The molecule has 0 aliphatic carbocycles. The third-order valence-corrected chi connectivity index (χ3v) is 3.18. The van der Waals surface area contributed by atoms with Gasteiger partial charge in [0.25, 0.3) is 0 Å². The lowest BCUT2D eigenvalue weighted by atomic mass is 10.0. The smallest absolute Gasteiger partial charge is 0.387 e. The number of rotatable bonds is 8. The molecule has 1 unspecified atom stereocenters. The summed E-state index contributed by atoms with van der Waals surface area (Å²) in [4.78, 5) is 11.9. The van der Waals surface area contributed by atoms with Gasteiger partial charge in [-0.05, 0) is 25.3 Å². The molecule has 1 aromatic carbocycles. The van der Waals surface area contributed by atoms with Gasteiger partial charge in [-0.3, -0.25) is 0 Å². The molecule has 130 valence electrons. The fourth-order valence-electron chi connectivity index (χ4n) is 2.22. The number of halogens is 2. The molecule has 23 heavy (non-hydrogen) atoms. The summed E-state index contributed by atoms with van der Waals surface area (Å²) < 4.78 is 29.2. The predicted octanol–water partition coefficient (Wildman–Crippen LogP) is 2.80. The van der Waals surface area contributed by atoms with Crippen molar-refractivity contribution in [2.45, 2.75) is 46.4 Å². The minimum atomic E-state index is -2.92. The van der Waals surface area contributed by atoms with E-state index in [-0.39, 0.29) is 24.9 Å². The van der Waals surface area contributed by atoms with Crippen LogP contribution >= 0.6 is 0 Å². The molecular weight excluding hydrogens is 306 g/mol. The average Bonchev–Trinajstić information content (AvgIpc) is 2.45. The molecule has 0 radical (unpaired) electrons. The lowest BCUT2D eigenvalue weighted by Gasteiger charge is -2.19. The van der Waals surface area contributed by atoms with Gasteiger partial charge in [-0.1, -0.05) is 31.5 Å². The van der Waals surface area contributed by atoms with Crippen molar-refractivity contribution in [2.24, 2.45) is 5.92 Å². The van der Waals surface area contributed by atoms with Gasteiger partial charge < -0.3 is 20.5 Å². The molecule has 1 rings (SSSR count). The monoisotopic (exact) mass is 330 g/mol. The first-order valence-corrected chi connectivity index (χ1v) is 7.51. The van der Waals surface area contributed by atoms with Crippen LogP contribution in [-0.4, -0.2) is 30.4 Å². The maximum atomic E-state index is 12.4. The Morgan fingerprint density at radius 1 is 1.35 bits per heavy atom. The Bertz CT molecular complexity index is 510. The van der Waals surface area contributed by atoms with Crippen molar-refractivity contribution >= 4 is 6.03 Å². The normalized spacial score (nSPS) is 12.3. The standard InChI is InChI=1S/C16H24F2N2O3/c1-10(2)6-13(9-21)20-16(22)19-8-12-7-11(3)4-5-14(12)23-15(17)18/h4-5,7,10,13,15,21H,6,8-9H2,1-3H3,(H2,19,20,22). The summed E-state index contributed by atoms with van der Waals surface area (Å²) in [7, 11) is 0. The van der Waals surface area contributed by atoms with Crippen LogP contribution in [0.5, 0.6) is 5.75 Å². The highest BCUT2D eigenvalue weighted by Crippen LogP contribution is 2.21. The third-order valence-electron chi connectivity index (χ3n) is 3.18. The Balaban J connectivity index is 2.62. The Morgan fingerprint density at radius 3 is 2.61 bits per heavy atom. The van der Waals surface area contributed by atoms with Crippen LogP contribution in [0.3, 0.4) is 0 Å². The highest BCUT2D eigenvalue weighted by Gasteiger charge is 2.14. The van der Waals surface area contributed by atoms with E-state index in [2.05, 4.69) is 15.4 Å². The van der Waals surface area contributed by atoms with Gasteiger partial charge in [0.1, 0.15) is 5.75 Å². The highest BCUT2D eigenvalue weighted by atomic mass is 19.3. The maximum Gasteiger partial charge on any atom is 0.387 e. The van der Waals surface area contributed by atoms with Gasteiger partial charge in [-0.2, -0.15) is 8.78 Å². The zero-order chi connectivity index (χ0) is 17.4. The Morgan fingerprint density at radius 2 is 2.04 bits per heavy atom. The van der Waals surface area contributed by atoms with E-state index in [0.29, 0.717) is 17.9 Å². The number of urea groups is 1. The molecule has 0 heterocycles. The second-order valence-corrected chi connectivity index (χ2v) is 5.83. The van der Waals surface area contributed by atoms with Crippen molar-refractivity contribution in [3.8, 4) is 5.75 Å². The minimum Gasteiger partial charge on any atom is -0.434 e. The van der Waals surface area contributed by atoms with E-state index in [1.807, 2.05) is 20.8 Å². The third kappa shape index (κ3) is 7.27. The van der Waals surface area contributed by atoms with E-state index < -0.39 is 12.6 Å². The van der Waals surface area contributed by atoms with Gasteiger partial charge in [0.15, 0.2) is 0 Å². The van der Waals surface area contributed by atoms with Crippen LogP contribution in [0, 0.1) is 12.8 Å². The average molecular weight is 330 g/mol. The molecule has 1 aromatic rings. The van der Waals surface area contributed by atoms with Crippen molar-refractivity contribution in [3.05, 3.63) is 29.3 Å². The molecule has 3 N–H and O–H groups in total. The number of amides is 2. The molecule has 0 fully saturated rings. The lowest BCUT2D eigenvalue weighted by molar-refractivity contribution is -0.0504. The number of carbonyl (C=O) groups excluding carboxylic acids is 1. The molecular formula is C16H24F2N2O3. The summed E-state index contributed by atoms with van der Waals surface area (Å²) in [5.41, 5.74) is 1.33. The molecule has 0 aliphatic heterocycles. The van der Waals surface area contributed by atoms with Crippen LogP contribution in [0.25, 0.3) is 0 Å². The summed E-state index contributed by atoms with van der Waals surface area (Å²) in [5, 5.41) is 14.5. The summed E-state index contributed by atoms with van der Waals surface area (Å²) >= 11 is 0. The molecule has 0 saturated carbocycles. The topological polar surface area (TPSA) is 70.6 Å². The van der Waals surface area contributed by atoms with E-state index >= 15 is 0 Å². The van der Waals surface area contributed by atoms with Crippen molar-refractivity contribution in [1.29, 1.82) is 0 Å². The summed E-state index contributed by atoms with van der Waals surface area (Å²) in [6.45, 7) is 2.77. The zero-order valence-electron chi connectivity index (χ0n) is 13.6. The fraction of sp³-hybridized carbons (Fsp3) is 0.562. The van der Waals surface area contributed by atoms with Crippen molar-refractivity contribution in [3.63, 3.8) is 0 Å². The molecule has 0 spiro atoms. The number of alkyl halides is 2. The molecule has 0 aromatic heterocycles. The van der Waals surface area contributed by atoms with Crippen LogP contribution in [0.4, 0.5) is 13.6 Å². The molecule has 0 saturated heterocycles. The lowest BCUT2D eigenvalue weighted by Crippen LogP contribution is -2.44. The van der Waals surface area contributed by atoms with Gasteiger partial charge in [0.2, 0.25) is 0 Å². The first-order valence-electron chi connectivity index (χ1n) is 7.51. The molecule has 2 amide bonds. The van der Waals surface area contributed by atoms with Crippen LogP contribution in [0.2, 0.25) is 0 Å². The molecule has 7 heteroatoms. The van der Waals surface area contributed by atoms with Gasteiger partial charge in [0.05, 0.1) is 12.6 Å². The Hall–Kier alpha value is -1.89. The van der Waals surface area contributed by atoms with Gasteiger partial charge in [-0.15, -0.1) is 0 Å². The fourth-order valence-corrected chi connectivity index (χ4v) is 2.22. The zero-order valence-corrected chi connectivity index (χ0v) is 13.6. The van der Waals surface area contributed by atoms with Crippen molar-refractivity contribution < 1.29 is 23.4 Å². The summed E-state index contributed by atoms with van der Waals surface area (Å²) in [6.07, 6.45) is 0.647. The van der Waals surface area contributed by atoms with E-state index in [0.717, 1.165) is 5.56 Å². The van der Waals surface area contributed by atoms with E-state index in [4.69, 9.17) is 0 Å².